The Morgan fingerprint density at radius 3 is 2.26 bits per heavy atom. The molecule has 0 radical (unpaired) electrons. The van der Waals surface area contributed by atoms with Crippen molar-refractivity contribution in [2.75, 3.05) is 26.4 Å². The minimum absolute atomic E-state index is 0.0260. The van der Waals surface area contributed by atoms with Crippen LogP contribution in [0.1, 0.15) is 134 Å². The summed E-state index contributed by atoms with van der Waals surface area (Å²) in [5.74, 6) is -0.322. The molecule has 320 valence electrons. The van der Waals surface area contributed by atoms with Gasteiger partial charge in [-0.05, 0) is 43.5 Å². The van der Waals surface area contributed by atoms with Crippen molar-refractivity contribution in [2.45, 2.75) is 166 Å². The maximum atomic E-state index is 14.1. The van der Waals surface area contributed by atoms with E-state index in [0.717, 1.165) is 25.3 Å². The van der Waals surface area contributed by atoms with Crippen LogP contribution in [0.15, 0.2) is 40.1 Å². The highest BCUT2D eigenvalue weighted by Gasteiger charge is 2.56. The highest BCUT2D eigenvalue weighted by Crippen LogP contribution is 2.47. The van der Waals surface area contributed by atoms with Crippen LogP contribution in [0.2, 0.25) is 0 Å². The Balaban J connectivity index is 1.17. The van der Waals surface area contributed by atoms with Crippen molar-refractivity contribution in [3.05, 3.63) is 46.9 Å². The van der Waals surface area contributed by atoms with Gasteiger partial charge in [0.25, 0.3) is 0 Å². The second-order valence-corrected chi connectivity index (χ2v) is 17.1. The number of unbranched alkanes of at least 4 members (excludes halogenated alkanes) is 15. The number of hydrogen-bond donors (Lipinski definition) is 4. The van der Waals surface area contributed by atoms with Gasteiger partial charge in [0.15, 0.2) is 5.84 Å². The number of nitrogens with zero attached hydrogens (tertiary/aromatic N) is 4. The second-order valence-electron chi connectivity index (χ2n) is 15.6. The van der Waals surface area contributed by atoms with Crippen molar-refractivity contribution >= 4 is 20.0 Å². The summed E-state index contributed by atoms with van der Waals surface area (Å²) in [7, 11) is -4.75. The first-order valence-electron chi connectivity index (χ1n) is 20.9. The predicted molar refractivity (Wildman–Crippen MR) is 216 cm³/mol. The zero-order valence-corrected chi connectivity index (χ0v) is 34.7. The standard InChI is InChI=1S/C41H65FN5O9P/c1-3-4-5-6-7-8-9-10-11-12-13-14-15-16-17-18-21-52-27-34(53-26-32-22-31(25-43)23-33(42)24-32)28-54-57(50,51)55-29-41(2)39(49)37(48)38(56-41)35-19-20-36-40(44)45-30-46-47(35)36/h20,22-24,30,34-35,37-39,48-49H,3-19,21,26-29H2,1-2H3,(H,50,51)(H2,44,45,46)/t34-,35?,37+,38+,39+,41-/m1/s1. The minimum atomic E-state index is -4.75. The summed E-state index contributed by atoms with van der Waals surface area (Å²) in [5, 5.41) is 36.9. The number of aliphatic imine (C=N–C) groups is 1. The molecule has 0 spiro atoms. The summed E-state index contributed by atoms with van der Waals surface area (Å²) >= 11 is 0. The average molecular weight is 822 g/mol. The fraction of sp³-hybridized carbons (Fsp3) is 0.732. The normalized spacial score (nSPS) is 24.5. The number of ether oxygens (including phenoxy) is 3. The summed E-state index contributed by atoms with van der Waals surface area (Å²) in [5.41, 5.74) is 5.49. The van der Waals surface area contributed by atoms with E-state index in [1.165, 1.54) is 109 Å². The molecule has 4 rings (SSSR count). The molecule has 57 heavy (non-hydrogen) atoms. The van der Waals surface area contributed by atoms with E-state index in [9.17, 15) is 29.3 Å². The Bertz CT molecular complexity index is 1560. The van der Waals surface area contributed by atoms with Gasteiger partial charge in [0, 0.05) is 6.61 Å². The van der Waals surface area contributed by atoms with E-state index in [1.54, 1.807) is 5.01 Å². The highest BCUT2D eigenvalue weighted by atomic mass is 31.2. The third kappa shape index (κ3) is 15.4. The first kappa shape index (κ1) is 46.9. The van der Waals surface area contributed by atoms with Gasteiger partial charge in [-0.25, -0.2) is 13.9 Å². The van der Waals surface area contributed by atoms with Gasteiger partial charge in [-0.3, -0.25) is 14.1 Å². The fourth-order valence-electron chi connectivity index (χ4n) is 7.42. The van der Waals surface area contributed by atoms with Crippen molar-refractivity contribution in [3.8, 4) is 6.07 Å². The molecule has 0 bridgehead atoms. The number of amidine groups is 1. The van der Waals surface area contributed by atoms with Crippen LogP contribution in [0.3, 0.4) is 0 Å². The van der Waals surface area contributed by atoms with Gasteiger partial charge in [-0.2, -0.15) is 10.4 Å². The lowest BCUT2D eigenvalue weighted by atomic mass is 9.95. The molecule has 1 aromatic rings. The van der Waals surface area contributed by atoms with Crippen LogP contribution in [-0.2, 0) is 34.4 Å². The first-order chi connectivity index (χ1) is 27.5. The molecule has 1 saturated heterocycles. The molecule has 0 saturated carbocycles. The molecule has 1 aromatic carbocycles. The van der Waals surface area contributed by atoms with Crippen LogP contribution in [-0.4, -0.2) is 94.8 Å². The van der Waals surface area contributed by atoms with Crippen molar-refractivity contribution in [3.63, 3.8) is 0 Å². The number of halogens is 1. The van der Waals surface area contributed by atoms with Crippen LogP contribution in [0.4, 0.5) is 4.39 Å². The van der Waals surface area contributed by atoms with Gasteiger partial charge in [-0.15, -0.1) is 0 Å². The number of nitrogens with two attached hydrogens (primary N) is 1. The van der Waals surface area contributed by atoms with Crippen LogP contribution in [0, 0.1) is 17.1 Å². The number of rotatable bonds is 29. The summed E-state index contributed by atoms with van der Waals surface area (Å²) in [6.07, 6.45) is 19.1. The molecule has 0 aromatic heterocycles. The number of hydrogen-bond acceptors (Lipinski definition) is 13. The Morgan fingerprint density at radius 2 is 1.63 bits per heavy atom. The molecular formula is C41H65FN5O9P. The minimum Gasteiger partial charge on any atom is -0.387 e. The number of aliphatic hydroxyl groups is 2. The second kappa shape index (κ2) is 24.3. The Morgan fingerprint density at radius 1 is 1.00 bits per heavy atom. The van der Waals surface area contributed by atoms with Crippen molar-refractivity contribution in [2.24, 2.45) is 15.8 Å². The van der Waals surface area contributed by atoms with Crippen molar-refractivity contribution in [1.29, 1.82) is 5.26 Å². The third-order valence-corrected chi connectivity index (χ3v) is 11.7. The molecule has 16 heteroatoms. The van der Waals surface area contributed by atoms with Crippen LogP contribution >= 0.6 is 7.82 Å². The SMILES string of the molecule is CCCCCCCCCCCCCCCCCCOC[C@H](COP(=O)(O)OC[C@@]1(C)O[C@@H](C2CC=C3C(N)=NC=NN32)[C@H](O)[C@@H]1O)OCc1cc(F)cc(C#N)c1. The number of fused-ring (bicyclic) bond motifs is 1. The van der Waals surface area contributed by atoms with Crippen LogP contribution in [0.5, 0.6) is 0 Å². The largest absolute Gasteiger partial charge is 0.472 e. The van der Waals surface area contributed by atoms with Gasteiger partial charge < -0.3 is 35.1 Å². The molecule has 1 fully saturated rings. The van der Waals surface area contributed by atoms with E-state index in [-0.39, 0.29) is 24.6 Å². The van der Waals surface area contributed by atoms with E-state index < -0.39 is 62.9 Å². The third-order valence-electron chi connectivity index (χ3n) is 10.8. The Kier molecular flexibility index (Phi) is 20.0. The summed E-state index contributed by atoms with van der Waals surface area (Å²) in [4.78, 5) is 14.6. The van der Waals surface area contributed by atoms with Crippen molar-refractivity contribution < 1.29 is 47.3 Å². The molecule has 3 aliphatic heterocycles. The number of phosphoric ester groups is 1. The van der Waals surface area contributed by atoms with Crippen molar-refractivity contribution in [1.82, 2.24) is 5.01 Å². The summed E-state index contributed by atoms with van der Waals surface area (Å²) in [6, 6.07) is 5.26. The van der Waals surface area contributed by atoms with E-state index >= 15 is 0 Å². The molecule has 7 atom stereocenters. The van der Waals surface area contributed by atoms with Crippen LogP contribution in [0.25, 0.3) is 0 Å². The summed E-state index contributed by atoms with van der Waals surface area (Å²) < 4.78 is 55.6. The quantitative estimate of drug-likeness (QED) is 0.0471. The zero-order chi connectivity index (χ0) is 41.1. The monoisotopic (exact) mass is 821 g/mol. The lowest BCUT2D eigenvalue weighted by Crippen LogP contribution is -2.46. The zero-order valence-electron chi connectivity index (χ0n) is 33.8. The van der Waals surface area contributed by atoms with Crippen LogP contribution < -0.4 is 5.73 Å². The number of nitriles is 1. The Labute approximate surface area is 337 Å². The Hall–Kier alpha value is -2.77. The number of phosphoric acid groups is 1. The molecule has 3 heterocycles. The van der Waals surface area contributed by atoms with E-state index in [0.29, 0.717) is 24.3 Å². The molecule has 0 aliphatic carbocycles. The highest BCUT2D eigenvalue weighted by molar-refractivity contribution is 7.47. The smallest absolute Gasteiger partial charge is 0.387 e. The van der Waals surface area contributed by atoms with Gasteiger partial charge in [0.05, 0.1) is 49.8 Å². The lowest BCUT2D eigenvalue weighted by Gasteiger charge is -2.32. The predicted octanol–water partition coefficient (Wildman–Crippen LogP) is 7.15. The van der Waals surface area contributed by atoms with Gasteiger partial charge in [-0.1, -0.05) is 109 Å². The van der Waals surface area contributed by atoms with Gasteiger partial charge in [0.2, 0.25) is 0 Å². The van der Waals surface area contributed by atoms with E-state index in [1.807, 2.05) is 12.1 Å². The number of aliphatic hydroxyl groups excluding tert-OH is 2. The summed E-state index contributed by atoms with van der Waals surface area (Å²) in [6.45, 7) is 3.10. The molecule has 2 unspecified atom stereocenters. The molecule has 3 aliphatic rings. The molecule has 14 nitrogen and oxygen atoms in total. The average Bonchev–Trinajstić information content (AvgIpc) is 3.72. The number of hydrazone groups is 1. The van der Waals surface area contributed by atoms with E-state index in [4.69, 9.17) is 29.0 Å². The van der Waals surface area contributed by atoms with E-state index in [2.05, 4.69) is 17.0 Å². The first-order valence-corrected chi connectivity index (χ1v) is 22.4. The molecule has 0 amide bonds. The maximum Gasteiger partial charge on any atom is 0.472 e. The molecule has 5 N–H and O–H groups in total. The lowest BCUT2D eigenvalue weighted by molar-refractivity contribution is -0.111. The van der Waals surface area contributed by atoms with Gasteiger partial charge >= 0.3 is 7.82 Å². The fourth-order valence-corrected chi connectivity index (χ4v) is 8.27. The molecular weight excluding hydrogens is 756 g/mol. The topological polar surface area (TPSA) is 202 Å². The number of benzene rings is 1. The maximum absolute atomic E-state index is 14.1. The van der Waals surface area contributed by atoms with Gasteiger partial charge in [0.1, 0.15) is 42.2 Å².